The molecular weight excluding hydrogens is 821 g/mol. The molecular formula is C66H44N2. The average Bonchev–Trinajstić information content (AvgIpc) is 3.75. The first-order valence-corrected chi connectivity index (χ1v) is 23.4. The molecule has 0 aliphatic rings. The lowest BCUT2D eigenvalue weighted by Gasteiger charge is -2.29. The molecule has 0 amide bonds. The third kappa shape index (κ3) is 6.65. The highest BCUT2D eigenvalue weighted by Crippen LogP contribution is 2.46. The number of para-hydroxylation sites is 3. The first kappa shape index (κ1) is 39.4. The molecule has 0 unspecified atom stereocenters. The minimum Gasteiger partial charge on any atom is -0.310 e. The summed E-state index contributed by atoms with van der Waals surface area (Å²) in [5.74, 6) is 0. The van der Waals surface area contributed by atoms with Crippen molar-refractivity contribution < 1.29 is 0 Å². The zero-order valence-corrected chi connectivity index (χ0v) is 37.3. The summed E-state index contributed by atoms with van der Waals surface area (Å²) < 4.78 is 2.39. The zero-order valence-electron chi connectivity index (χ0n) is 37.3. The molecule has 0 spiro atoms. The van der Waals surface area contributed by atoms with Gasteiger partial charge in [0.05, 0.1) is 16.7 Å². The van der Waals surface area contributed by atoms with Gasteiger partial charge < -0.3 is 9.47 Å². The van der Waals surface area contributed by atoms with Crippen LogP contribution < -0.4 is 4.90 Å². The number of hydrogen-bond acceptors (Lipinski definition) is 1. The Morgan fingerprint density at radius 1 is 0.265 bits per heavy atom. The molecule has 0 aliphatic heterocycles. The minimum atomic E-state index is 1.07. The molecule has 2 nitrogen and oxygen atoms in total. The van der Waals surface area contributed by atoms with E-state index in [1.165, 1.54) is 87.5 Å². The quantitative estimate of drug-likeness (QED) is 0.138. The van der Waals surface area contributed by atoms with E-state index in [-0.39, 0.29) is 0 Å². The molecule has 0 aliphatic carbocycles. The van der Waals surface area contributed by atoms with Gasteiger partial charge in [0, 0.05) is 33.4 Å². The average molecular weight is 865 g/mol. The molecule has 2 heteroatoms. The van der Waals surface area contributed by atoms with Gasteiger partial charge in [0.15, 0.2) is 0 Å². The summed E-state index contributed by atoms with van der Waals surface area (Å²) in [4.78, 5) is 2.45. The van der Waals surface area contributed by atoms with Crippen molar-refractivity contribution in [3.05, 3.63) is 267 Å². The van der Waals surface area contributed by atoms with E-state index < -0.39 is 0 Å². The Bertz CT molecular complexity index is 4010. The fourth-order valence-electron chi connectivity index (χ4n) is 10.7. The van der Waals surface area contributed by atoms with Crippen LogP contribution in [0.2, 0.25) is 0 Å². The second-order valence-electron chi connectivity index (χ2n) is 17.6. The van der Waals surface area contributed by atoms with Gasteiger partial charge in [-0.3, -0.25) is 0 Å². The van der Waals surface area contributed by atoms with E-state index in [1.54, 1.807) is 0 Å². The summed E-state index contributed by atoms with van der Waals surface area (Å²) in [6.07, 6.45) is 0. The molecule has 0 saturated carbocycles. The van der Waals surface area contributed by atoms with Crippen LogP contribution in [0.5, 0.6) is 0 Å². The van der Waals surface area contributed by atoms with Crippen molar-refractivity contribution in [2.24, 2.45) is 0 Å². The number of benzene rings is 12. The maximum Gasteiger partial charge on any atom is 0.0547 e. The number of nitrogens with zero attached hydrogens (tertiary/aromatic N) is 2. The Morgan fingerprint density at radius 2 is 0.853 bits per heavy atom. The van der Waals surface area contributed by atoms with E-state index in [0.29, 0.717) is 0 Å². The molecule has 0 fully saturated rings. The predicted octanol–water partition coefficient (Wildman–Crippen LogP) is 18.4. The van der Waals surface area contributed by atoms with Crippen LogP contribution >= 0.6 is 0 Å². The monoisotopic (exact) mass is 864 g/mol. The zero-order chi connectivity index (χ0) is 45.0. The van der Waals surface area contributed by atoms with Crippen LogP contribution in [0.15, 0.2) is 267 Å². The van der Waals surface area contributed by atoms with Gasteiger partial charge >= 0.3 is 0 Å². The van der Waals surface area contributed by atoms with Crippen molar-refractivity contribution in [1.29, 1.82) is 0 Å². The fourth-order valence-corrected chi connectivity index (χ4v) is 10.7. The standard InChI is InChI=1S/C66H44N2/c1-3-17-46(18-4-1)56-30-14-20-48-21-15-32-62(66(48)56)60-28-10-11-33-63(60)67(53-25-13-22-50(43-53)55-29-16-31-57-54-26-8-7-19-47(54)37-41-58(55)57)52-39-35-45(36-40-52)49-38-42-61-59-27-9-12-34-64(59)68(65(61)44-49)51-23-5-2-6-24-51/h1-44H. The van der Waals surface area contributed by atoms with Crippen LogP contribution in [0, 0.1) is 0 Å². The van der Waals surface area contributed by atoms with Crippen LogP contribution in [-0.2, 0) is 0 Å². The third-order valence-electron chi connectivity index (χ3n) is 13.8. The molecule has 1 aromatic heterocycles. The summed E-state index contributed by atoms with van der Waals surface area (Å²) in [5.41, 5.74) is 16.3. The van der Waals surface area contributed by atoms with E-state index in [0.717, 1.165) is 33.9 Å². The molecule has 13 aromatic rings. The first-order valence-electron chi connectivity index (χ1n) is 23.4. The van der Waals surface area contributed by atoms with E-state index in [1.807, 2.05) is 0 Å². The summed E-state index contributed by atoms with van der Waals surface area (Å²) in [7, 11) is 0. The Kier molecular flexibility index (Phi) is 9.54. The topological polar surface area (TPSA) is 8.17 Å². The van der Waals surface area contributed by atoms with Crippen LogP contribution in [0.4, 0.5) is 17.1 Å². The van der Waals surface area contributed by atoms with E-state index in [4.69, 9.17) is 0 Å². The van der Waals surface area contributed by atoms with Gasteiger partial charge in [-0.15, -0.1) is 0 Å². The molecule has 0 atom stereocenters. The number of anilines is 3. The Hall–Kier alpha value is -8.98. The largest absolute Gasteiger partial charge is 0.310 e. The van der Waals surface area contributed by atoms with Gasteiger partial charge in [0.2, 0.25) is 0 Å². The second kappa shape index (κ2) is 16.5. The van der Waals surface area contributed by atoms with Gasteiger partial charge in [-0.2, -0.15) is 0 Å². The lowest BCUT2D eigenvalue weighted by atomic mass is 9.90. The summed E-state index contributed by atoms with van der Waals surface area (Å²) in [5, 5.41) is 9.97. The van der Waals surface area contributed by atoms with Crippen LogP contribution in [0.1, 0.15) is 0 Å². The van der Waals surface area contributed by atoms with Crippen molar-refractivity contribution in [3.63, 3.8) is 0 Å². The Morgan fingerprint density at radius 3 is 1.71 bits per heavy atom. The molecule has 1 heterocycles. The van der Waals surface area contributed by atoms with E-state index >= 15 is 0 Å². The molecule has 0 bridgehead atoms. The minimum absolute atomic E-state index is 1.07. The van der Waals surface area contributed by atoms with Crippen molar-refractivity contribution in [2.45, 2.75) is 0 Å². The number of hydrogen-bond donors (Lipinski definition) is 0. The molecule has 13 rings (SSSR count). The van der Waals surface area contributed by atoms with E-state index in [2.05, 4.69) is 276 Å². The highest BCUT2D eigenvalue weighted by atomic mass is 15.1. The molecule has 0 N–H and O–H groups in total. The summed E-state index contributed by atoms with van der Waals surface area (Å²) >= 11 is 0. The molecule has 0 saturated heterocycles. The highest BCUT2D eigenvalue weighted by molar-refractivity contribution is 6.13. The first-order chi connectivity index (χ1) is 33.7. The third-order valence-corrected chi connectivity index (χ3v) is 13.8. The molecule has 68 heavy (non-hydrogen) atoms. The second-order valence-corrected chi connectivity index (χ2v) is 17.6. The van der Waals surface area contributed by atoms with Crippen molar-refractivity contribution in [3.8, 4) is 50.2 Å². The molecule has 12 aromatic carbocycles. The number of fused-ring (bicyclic) bond motifs is 7. The fraction of sp³-hybridized carbons (Fsp3) is 0. The number of aromatic nitrogens is 1. The Labute approximate surface area is 395 Å². The van der Waals surface area contributed by atoms with Crippen molar-refractivity contribution in [1.82, 2.24) is 4.57 Å². The predicted molar refractivity (Wildman–Crippen MR) is 290 cm³/mol. The normalized spacial score (nSPS) is 11.5. The van der Waals surface area contributed by atoms with Gasteiger partial charge in [0.1, 0.15) is 0 Å². The number of rotatable bonds is 8. The molecule has 0 radical (unpaired) electrons. The summed E-state index contributed by atoms with van der Waals surface area (Å²) in [6.45, 7) is 0. The SMILES string of the molecule is c1ccc(-c2cccc3cccc(-c4ccccc4N(c4ccc(-c5ccc6c7ccccc7n(-c7ccccc7)c6c5)cc4)c4cccc(-c5cccc6c5ccc5ccccc56)c4)c23)cc1. The Balaban J connectivity index is 0.992. The lowest BCUT2D eigenvalue weighted by Crippen LogP contribution is -2.11. The van der Waals surface area contributed by atoms with Crippen LogP contribution in [-0.4, -0.2) is 4.57 Å². The van der Waals surface area contributed by atoms with Gasteiger partial charge in [0.25, 0.3) is 0 Å². The molecule has 318 valence electrons. The smallest absolute Gasteiger partial charge is 0.0547 e. The van der Waals surface area contributed by atoms with Crippen LogP contribution in [0.3, 0.4) is 0 Å². The highest BCUT2D eigenvalue weighted by Gasteiger charge is 2.21. The maximum absolute atomic E-state index is 2.45. The van der Waals surface area contributed by atoms with E-state index in [9.17, 15) is 0 Å². The van der Waals surface area contributed by atoms with Gasteiger partial charge in [-0.1, -0.05) is 212 Å². The van der Waals surface area contributed by atoms with Crippen molar-refractivity contribution >= 4 is 71.2 Å². The summed E-state index contributed by atoms with van der Waals surface area (Å²) in [6, 6.07) is 97.6. The van der Waals surface area contributed by atoms with Crippen molar-refractivity contribution in [2.75, 3.05) is 4.90 Å². The van der Waals surface area contributed by atoms with Gasteiger partial charge in [-0.05, 0) is 126 Å². The van der Waals surface area contributed by atoms with Gasteiger partial charge in [-0.25, -0.2) is 0 Å². The maximum atomic E-state index is 2.45. The van der Waals surface area contributed by atoms with Crippen LogP contribution in [0.25, 0.3) is 104 Å². The lowest BCUT2D eigenvalue weighted by molar-refractivity contribution is 1.18.